The molecular formula is C14H16I2O. The van der Waals surface area contributed by atoms with Gasteiger partial charge in [-0.2, -0.15) is 0 Å². The first-order valence-electron chi connectivity index (χ1n) is 5.66. The number of rotatable bonds is 6. The van der Waals surface area contributed by atoms with Gasteiger partial charge in [-0.3, -0.25) is 4.79 Å². The molecule has 0 saturated carbocycles. The highest BCUT2D eigenvalue weighted by molar-refractivity contribution is 14.1. The maximum absolute atomic E-state index is 11.0. The number of alkyl halides is 1. The molecular weight excluding hydrogens is 438 g/mol. The van der Waals surface area contributed by atoms with Crippen molar-refractivity contribution < 1.29 is 4.79 Å². The zero-order chi connectivity index (χ0) is 12.7. The van der Waals surface area contributed by atoms with Crippen LogP contribution in [0, 0.1) is 0 Å². The van der Waals surface area contributed by atoms with E-state index in [1.54, 1.807) is 28.7 Å². The molecule has 0 bridgehead atoms. The Kier molecular flexibility index (Phi) is 7.34. The van der Waals surface area contributed by atoms with E-state index >= 15 is 0 Å². The largest absolute Gasteiger partial charge is 0.283 e. The molecule has 0 heterocycles. The van der Waals surface area contributed by atoms with Crippen molar-refractivity contribution in [3.63, 3.8) is 0 Å². The fraction of sp³-hybridized carbons (Fsp3) is 0.357. The Balaban J connectivity index is 2.64. The Bertz CT molecular complexity index is 393. The van der Waals surface area contributed by atoms with Gasteiger partial charge in [-0.1, -0.05) is 46.9 Å². The van der Waals surface area contributed by atoms with E-state index in [0.717, 1.165) is 17.6 Å². The Morgan fingerprint density at radius 2 is 1.88 bits per heavy atom. The summed E-state index contributed by atoms with van der Waals surface area (Å²) < 4.78 is 1.31. The first-order chi connectivity index (χ1) is 8.13. The highest BCUT2D eigenvalue weighted by Crippen LogP contribution is 2.16. The van der Waals surface area contributed by atoms with E-state index in [4.69, 9.17) is 0 Å². The van der Waals surface area contributed by atoms with Crippen LogP contribution in [-0.4, -0.2) is 8.22 Å². The molecule has 0 aromatic heterocycles. The summed E-state index contributed by atoms with van der Waals surface area (Å²) in [7, 11) is 0. The maximum atomic E-state index is 11.0. The molecule has 92 valence electrons. The van der Waals surface area contributed by atoms with Gasteiger partial charge < -0.3 is 0 Å². The van der Waals surface area contributed by atoms with Crippen molar-refractivity contribution in [2.75, 3.05) is 4.43 Å². The van der Waals surface area contributed by atoms with Gasteiger partial charge in [-0.05, 0) is 53.4 Å². The van der Waals surface area contributed by atoms with Gasteiger partial charge in [0.05, 0.1) is 0 Å². The van der Waals surface area contributed by atoms with Gasteiger partial charge in [0.15, 0.2) is 0 Å². The lowest BCUT2D eigenvalue weighted by Crippen LogP contribution is -1.88. The van der Waals surface area contributed by atoms with Crippen molar-refractivity contribution >= 4 is 54.5 Å². The molecule has 0 aliphatic carbocycles. The van der Waals surface area contributed by atoms with E-state index in [1.807, 2.05) is 6.92 Å². The molecule has 0 atom stereocenters. The molecule has 0 fully saturated rings. The van der Waals surface area contributed by atoms with E-state index in [2.05, 4.69) is 46.9 Å². The van der Waals surface area contributed by atoms with Crippen molar-refractivity contribution in [2.45, 2.75) is 26.2 Å². The van der Waals surface area contributed by atoms with Crippen molar-refractivity contribution in [1.82, 2.24) is 0 Å². The highest BCUT2D eigenvalue weighted by atomic mass is 127. The second-order valence-electron chi connectivity index (χ2n) is 3.97. The number of halogens is 2. The Morgan fingerprint density at radius 3 is 2.41 bits per heavy atom. The second-order valence-corrected chi connectivity index (χ2v) is 6.12. The summed E-state index contributed by atoms with van der Waals surface area (Å²) in [4.78, 5) is 11.0. The number of benzene rings is 1. The van der Waals surface area contributed by atoms with Crippen molar-refractivity contribution in [2.24, 2.45) is 0 Å². The van der Waals surface area contributed by atoms with Crippen LogP contribution in [-0.2, 0) is 11.2 Å². The number of unbranched alkanes of at least 4 members (excludes halogenated alkanes) is 1. The summed E-state index contributed by atoms with van der Waals surface area (Å²) in [6.07, 6.45) is 5.36. The van der Waals surface area contributed by atoms with Gasteiger partial charge in [0.1, 0.15) is 0 Å². The Morgan fingerprint density at radius 1 is 1.24 bits per heavy atom. The third-order valence-electron chi connectivity index (χ3n) is 2.59. The number of carbonyl (C=O) groups is 1. The molecule has 0 saturated heterocycles. The molecule has 0 unspecified atom stereocenters. The van der Waals surface area contributed by atoms with Gasteiger partial charge in [0.25, 0.3) is 0 Å². The lowest BCUT2D eigenvalue weighted by Gasteiger charge is -2.04. The van der Waals surface area contributed by atoms with Crippen molar-refractivity contribution in [3.8, 4) is 0 Å². The molecule has 0 radical (unpaired) electrons. The third kappa shape index (κ3) is 5.99. The molecule has 0 spiro atoms. The predicted molar refractivity (Wildman–Crippen MR) is 90.9 cm³/mol. The number of aryl methyl sites for hydroxylation is 1. The molecule has 3 heteroatoms. The van der Waals surface area contributed by atoms with Gasteiger partial charge in [0.2, 0.25) is 3.79 Å². The fourth-order valence-corrected chi connectivity index (χ4v) is 2.62. The topological polar surface area (TPSA) is 17.1 Å². The SMILES string of the molecule is C/C(=C\C(=O)I)c1ccc(CCCCI)cc1. The van der Waals surface area contributed by atoms with Crippen LogP contribution >= 0.6 is 45.2 Å². The molecule has 0 aliphatic rings. The number of carbonyl (C=O) groups excluding carboxylic acids is 1. The lowest BCUT2D eigenvalue weighted by atomic mass is 10.0. The summed E-state index contributed by atoms with van der Waals surface area (Å²) >= 11 is 4.21. The lowest BCUT2D eigenvalue weighted by molar-refractivity contribution is -0.105. The molecule has 0 aliphatic heterocycles. The van der Waals surface area contributed by atoms with Crippen LogP contribution in [0.25, 0.3) is 5.57 Å². The van der Waals surface area contributed by atoms with E-state index in [-0.39, 0.29) is 3.79 Å². The van der Waals surface area contributed by atoms with Crippen LogP contribution < -0.4 is 0 Å². The minimum absolute atomic E-state index is 0.0752. The summed E-state index contributed by atoms with van der Waals surface area (Å²) in [5.74, 6) is 0. The van der Waals surface area contributed by atoms with Gasteiger partial charge in [-0.25, -0.2) is 0 Å². The summed E-state index contributed by atoms with van der Waals surface area (Å²) in [6.45, 7) is 1.97. The number of allylic oxidation sites excluding steroid dienone is 2. The van der Waals surface area contributed by atoms with Crippen LogP contribution in [0.1, 0.15) is 30.9 Å². The first kappa shape index (κ1) is 15.1. The number of hydrogen-bond donors (Lipinski definition) is 0. The van der Waals surface area contributed by atoms with Crippen LogP contribution in [0.2, 0.25) is 0 Å². The highest BCUT2D eigenvalue weighted by Gasteiger charge is 1.99. The van der Waals surface area contributed by atoms with E-state index in [1.165, 1.54) is 22.8 Å². The van der Waals surface area contributed by atoms with Crippen LogP contribution in [0.5, 0.6) is 0 Å². The smallest absolute Gasteiger partial charge is 0.215 e. The van der Waals surface area contributed by atoms with E-state index < -0.39 is 0 Å². The van der Waals surface area contributed by atoms with Crippen LogP contribution in [0.4, 0.5) is 0 Å². The number of hydrogen-bond acceptors (Lipinski definition) is 1. The second kappa shape index (κ2) is 8.24. The predicted octanol–water partition coefficient (Wildman–Crippen LogP) is 4.81. The van der Waals surface area contributed by atoms with Gasteiger partial charge >= 0.3 is 0 Å². The van der Waals surface area contributed by atoms with Gasteiger partial charge in [-0.15, -0.1) is 0 Å². The quantitative estimate of drug-likeness (QED) is 0.198. The minimum Gasteiger partial charge on any atom is -0.283 e. The molecule has 1 nitrogen and oxygen atoms in total. The zero-order valence-corrected chi connectivity index (χ0v) is 14.2. The molecule has 0 N–H and O–H groups in total. The Hall–Kier alpha value is 0.0900. The summed E-state index contributed by atoms with van der Waals surface area (Å²) in [5, 5.41) is 0. The van der Waals surface area contributed by atoms with E-state index in [0.29, 0.717) is 0 Å². The zero-order valence-electron chi connectivity index (χ0n) is 9.88. The van der Waals surface area contributed by atoms with Crippen molar-refractivity contribution in [1.29, 1.82) is 0 Å². The molecule has 0 amide bonds. The van der Waals surface area contributed by atoms with E-state index in [9.17, 15) is 4.79 Å². The maximum Gasteiger partial charge on any atom is 0.215 e. The average Bonchev–Trinajstić information content (AvgIpc) is 2.29. The van der Waals surface area contributed by atoms with Gasteiger partial charge in [0, 0.05) is 22.6 Å². The standard InChI is InChI=1S/C14H16I2O/c1-11(10-14(16)17)13-7-5-12(6-8-13)4-2-3-9-15/h5-8,10H,2-4,9H2,1H3/b11-10+. The normalized spacial score (nSPS) is 11.6. The molecule has 1 aromatic rings. The summed E-state index contributed by atoms with van der Waals surface area (Å²) in [5.41, 5.74) is 3.54. The van der Waals surface area contributed by atoms with Crippen LogP contribution in [0.3, 0.4) is 0 Å². The minimum atomic E-state index is 0.0752. The van der Waals surface area contributed by atoms with Crippen molar-refractivity contribution in [3.05, 3.63) is 41.5 Å². The molecule has 1 aromatic carbocycles. The average molecular weight is 454 g/mol. The summed E-state index contributed by atoms with van der Waals surface area (Å²) in [6, 6.07) is 8.53. The Labute approximate surface area is 130 Å². The van der Waals surface area contributed by atoms with Crippen LogP contribution in [0.15, 0.2) is 30.3 Å². The fourth-order valence-electron chi connectivity index (χ4n) is 1.61. The third-order valence-corrected chi connectivity index (χ3v) is 3.66. The molecule has 17 heavy (non-hydrogen) atoms. The molecule has 1 rings (SSSR count). The monoisotopic (exact) mass is 454 g/mol. The first-order valence-corrected chi connectivity index (χ1v) is 8.27.